The van der Waals surface area contributed by atoms with Crippen LogP contribution >= 0.6 is 0 Å². The second-order valence-corrected chi connectivity index (χ2v) is 14.9. The lowest BCUT2D eigenvalue weighted by atomic mass is 9.99. The summed E-state index contributed by atoms with van der Waals surface area (Å²) >= 11 is 0. The van der Waals surface area contributed by atoms with Gasteiger partial charge in [0.25, 0.3) is 0 Å². The molecule has 1 amide bonds. The van der Waals surface area contributed by atoms with E-state index in [1.54, 1.807) is 54.6 Å². The first-order valence-corrected chi connectivity index (χ1v) is 21.4. The smallest absolute Gasteiger partial charge is 0.338 e. The zero-order chi connectivity index (χ0) is 38.2. The van der Waals surface area contributed by atoms with Crippen LogP contribution in [0.3, 0.4) is 0 Å². The van der Waals surface area contributed by atoms with Crippen LogP contribution in [0.25, 0.3) is 0 Å². The van der Waals surface area contributed by atoms with Gasteiger partial charge >= 0.3 is 11.9 Å². The molecule has 2 N–H and O–H groups in total. The van der Waals surface area contributed by atoms with E-state index < -0.39 is 36.8 Å². The molecular weight excluding hydrogens is 663 g/mol. The lowest BCUT2D eigenvalue weighted by Gasteiger charge is -2.32. The maximum Gasteiger partial charge on any atom is 0.338 e. The van der Waals surface area contributed by atoms with Crippen molar-refractivity contribution in [2.45, 2.75) is 193 Å². The SMILES string of the molecule is CCCCCCCCCCCCCCCCCCCCCCCC(=O)N[C@@H](CO)[C@H](OC(=O)c1ccccc1)[C@@H](CCCC)OC(=O)c1ccccc1. The maximum absolute atomic E-state index is 13.2. The maximum atomic E-state index is 13.2. The molecule has 0 spiro atoms. The summed E-state index contributed by atoms with van der Waals surface area (Å²) in [6.45, 7) is 3.83. The van der Waals surface area contributed by atoms with Gasteiger partial charge in [-0.05, 0) is 43.5 Å². The Morgan fingerprint density at radius 2 is 0.906 bits per heavy atom. The molecule has 0 aliphatic heterocycles. The summed E-state index contributed by atoms with van der Waals surface area (Å²) in [5.74, 6) is -1.37. The van der Waals surface area contributed by atoms with Crippen molar-refractivity contribution in [3.05, 3.63) is 71.8 Å². The molecule has 0 bridgehead atoms. The van der Waals surface area contributed by atoms with Gasteiger partial charge in [0.1, 0.15) is 6.10 Å². The monoisotopic (exact) mass is 736 g/mol. The lowest BCUT2D eigenvalue weighted by Crippen LogP contribution is -2.53. The number of hydrogen-bond acceptors (Lipinski definition) is 6. The second kappa shape index (κ2) is 31.2. The fraction of sp³-hybridized carbons (Fsp3) is 0.674. The summed E-state index contributed by atoms with van der Waals surface area (Å²) in [4.78, 5) is 39.4. The average Bonchev–Trinajstić information content (AvgIpc) is 3.18. The van der Waals surface area contributed by atoms with Crippen molar-refractivity contribution < 1.29 is 29.0 Å². The van der Waals surface area contributed by atoms with E-state index in [0.717, 1.165) is 25.7 Å². The Balaban J connectivity index is 1.69. The molecule has 0 aliphatic carbocycles. The molecule has 53 heavy (non-hydrogen) atoms. The number of esters is 2. The van der Waals surface area contributed by atoms with Crippen LogP contribution in [-0.4, -0.2) is 47.8 Å². The number of hydrogen-bond donors (Lipinski definition) is 2. The first-order chi connectivity index (χ1) is 26.0. The summed E-state index contributed by atoms with van der Waals surface area (Å²) < 4.78 is 11.9. The number of carbonyl (C=O) groups is 3. The number of unbranched alkanes of at least 4 members (excludes halogenated alkanes) is 21. The minimum atomic E-state index is -1.07. The Morgan fingerprint density at radius 3 is 1.30 bits per heavy atom. The van der Waals surface area contributed by atoms with Crippen LogP contribution in [0.5, 0.6) is 0 Å². The number of aliphatic hydroxyl groups excluding tert-OH is 1. The molecule has 0 heterocycles. The van der Waals surface area contributed by atoms with Gasteiger partial charge in [-0.1, -0.05) is 185 Å². The quantitative estimate of drug-likeness (QED) is 0.0559. The lowest BCUT2D eigenvalue weighted by molar-refractivity contribution is -0.124. The Morgan fingerprint density at radius 1 is 0.528 bits per heavy atom. The molecule has 2 aromatic rings. The minimum absolute atomic E-state index is 0.216. The highest BCUT2D eigenvalue weighted by molar-refractivity contribution is 5.90. The number of rotatable bonds is 33. The van der Waals surface area contributed by atoms with E-state index >= 15 is 0 Å². The van der Waals surface area contributed by atoms with Crippen LogP contribution in [0.2, 0.25) is 0 Å². The van der Waals surface area contributed by atoms with Crippen LogP contribution in [0.15, 0.2) is 60.7 Å². The summed E-state index contributed by atoms with van der Waals surface area (Å²) in [6, 6.07) is 16.3. The number of carbonyl (C=O) groups excluding carboxylic acids is 3. The molecule has 7 nitrogen and oxygen atoms in total. The van der Waals surface area contributed by atoms with Crippen molar-refractivity contribution in [3.63, 3.8) is 0 Å². The van der Waals surface area contributed by atoms with Gasteiger partial charge in [-0.3, -0.25) is 4.79 Å². The zero-order valence-corrected chi connectivity index (χ0v) is 33.4. The number of ether oxygens (including phenoxy) is 2. The van der Waals surface area contributed by atoms with Crippen molar-refractivity contribution in [2.24, 2.45) is 0 Å². The van der Waals surface area contributed by atoms with E-state index in [0.29, 0.717) is 30.4 Å². The standard InChI is InChI=1S/C46H73NO6/c1-3-5-7-8-9-10-11-12-13-14-15-16-17-18-19-20-21-22-23-24-31-37-43(49)47-41(38-48)44(53-46(51)40-34-29-26-30-35-40)42(36-6-4-2)52-45(50)39-32-27-25-28-33-39/h25-30,32-35,41-42,44,48H,3-24,31,36-38H2,1-2H3,(H,47,49)/t41-,42+,44-/m0/s1. The van der Waals surface area contributed by atoms with Gasteiger partial charge in [0, 0.05) is 6.42 Å². The molecule has 298 valence electrons. The predicted octanol–water partition coefficient (Wildman–Crippen LogP) is 11.7. The molecule has 0 aliphatic rings. The molecule has 0 radical (unpaired) electrons. The first-order valence-electron chi connectivity index (χ1n) is 21.4. The molecule has 0 saturated carbocycles. The Bertz CT molecular complexity index is 1190. The number of nitrogens with one attached hydrogen (secondary N) is 1. The molecule has 7 heteroatoms. The van der Waals surface area contributed by atoms with Crippen molar-refractivity contribution in [1.82, 2.24) is 5.32 Å². The number of aliphatic hydroxyl groups is 1. The van der Waals surface area contributed by atoms with Gasteiger partial charge in [-0.15, -0.1) is 0 Å². The van der Waals surface area contributed by atoms with E-state index in [1.807, 2.05) is 13.0 Å². The van der Waals surface area contributed by atoms with Gasteiger partial charge in [-0.2, -0.15) is 0 Å². The molecule has 0 aromatic heterocycles. The number of amides is 1. The summed E-state index contributed by atoms with van der Waals surface area (Å²) in [7, 11) is 0. The molecule has 2 rings (SSSR count). The normalized spacial score (nSPS) is 12.9. The van der Waals surface area contributed by atoms with E-state index in [4.69, 9.17) is 9.47 Å². The third-order valence-corrected chi connectivity index (χ3v) is 10.2. The average molecular weight is 736 g/mol. The Labute approximate surface area is 322 Å². The summed E-state index contributed by atoms with van der Waals surface area (Å²) in [5.41, 5.74) is 0.713. The van der Waals surface area contributed by atoms with Gasteiger partial charge < -0.3 is 19.9 Å². The first kappa shape index (κ1) is 46.0. The van der Waals surface area contributed by atoms with Crippen LogP contribution in [-0.2, 0) is 14.3 Å². The fourth-order valence-electron chi connectivity index (χ4n) is 6.89. The van der Waals surface area contributed by atoms with E-state index in [9.17, 15) is 19.5 Å². The van der Waals surface area contributed by atoms with Gasteiger partial charge in [0.15, 0.2) is 6.10 Å². The van der Waals surface area contributed by atoms with Crippen LogP contribution in [0.1, 0.15) is 195 Å². The largest absolute Gasteiger partial charge is 0.455 e. The summed E-state index contributed by atoms with van der Waals surface area (Å²) in [6.07, 6.45) is 27.7. The highest BCUT2D eigenvalue weighted by Gasteiger charge is 2.36. The molecule has 2 aromatic carbocycles. The van der Waals surface area contributed by atoms with Crippen molar-refractivity contribution in [1.29, 1.82) is 0 Å². The highest BCUT2D eigenvalue weighted by Crippen LogP contribution is 2.21. The van der Waals surface area contributed by atoms with Crippen molar-refractivity contribution >= 4 is 17.8 Å². The van der Waals surface area contributed by atoms with Crippen molar-refractivity contribution in [2.75, 3.05) is 6.61 Å². The fourth-order valence-corrected chi connectivity index (χ4v) is 6.89. The minimum Gasteiger partial charge on any atom is -0.455 e. The van der Waals surface area contributed by atoms with Gasteiger partial charge in [0.05, 0.1) is 23.8 Å². The van der Waals surface area contributed by atoms with Crippen LogP contribution in [0, 0.1) is 0 Å². The number of benzene rings is 2. The van der Waals surface area contributed by atoms with Crippen LogP contribution in [0.4, 0.5) is 0 Å². The van der Waals surface area contributed by atoms with Crippen molar-refractivity contribution in [3.8, 4) is 0 Å². The van der Waals surface area contributed by atoms with Gasteiger partial charge in [-0.25, -0.2) is 9.59 Å². The molecule has 0 unspecified atom stereocenters. The van der Waals surface area contributed by atoms with E-state index in [-0.39, 0.29) is 5.91 Å². The summed E-state index contributed by atoms with van der Waals surface area (Å²) in [5, 5.41) is 13.4. The Hall–Kier alpha value is -3.19. The van der Waals surface area contributed by atoms with E-state index in [1.165, 1.54) is 116 Å². The molecule has 0 fully saturated rings. The Kier molecular flexibility index (Phi) is 27.0. The topological polar surface area (TPSA) is 102 Å². The van der Waals surface area contributed by atoms with Gasteiger partial charge in [0.2, 0.25) is 5.91 Å². The second-order valence-electron chi connectivity index (χ2n) is 14.9. The molecule has 3 atom stereocenters. The molecular formula is C46H73NO6. The third-order valence-electron chi connectivity index (χ3n) is 10.2. The molecule has 0 saturated heterocycles. The highest BCUT2D eigenvalue weighted by atomic mass is 16.6. The zero-order valence-electron chi connectivity index (χ0n) is 33.4. The predicted molar refractivity (Wildman–Crippen MR) is 217 cm³/mol. The van der Waals surface area contributed by atoms with E-state index in [2.05, 4.69) is 12.2 Å². The third kappa shape index (κ3) is 21.9. The van der Waals surface area contributed by atoms with Crippen LogP contribution < -0.4 is 5.32 Å².